The lowest BCUT2D eigenvalue weighted by Gasteiger charge is -2.24. The molecule has 0 N–H and O–H groups in total. The Balaban J connectivity index is 1.79. The Hall–Kier alpha value is -1.85. The molecule has 1 aromatic heterocycles. The van der Waals surface area contributed by atoms with Crippen LogP contribution in [0, 0.1) is 0 Å². The maximum Gasteiger partial charge on any atom is 0.255 e. The van der Waals surface area contributed by atoms with E-state index in [-0.39, 0.29) is 11.8 Å². The summed E-state index contributed by atoms with van der Waals surface area (Å²) in [7, 11) is 1.68. The maximum absolute atomic E-state index is 12.6. The van der Waals surface area contributed by atoms with E-state index in [9.17, 15) is 9.59 Å². The van der Waals surface area contributed by atoms with E-state index < -0.39 is 6.04 Å². The first kappa shape index (κ1) is 15.1. The fourth-order valence-electron chi connectivity index (χ4n) is 2.67. The van der Waals surface area contributed by atoms with Crippen molar-refractivity contribution in [2.45, 2.75) is 12.5 Å². The van der Waals surface area contributed by atoms with Gasteiger partial charge in [0.15, 0.2) is 0 Å². The summed E-state index contributed by atoms with van der Waals surface area (Å²) in [4.78, 5) is 28.2. The highest BCUT2D eigenvalue weighted by Crippen LogP contribution is 2.30. The first-order valence-electron chi connectivity index (χ1n) is 6.95. The molecule has 0 radical (unpaired) electrons. The molecule has 1 saturated heterocycles. The number of hydrogen-bond donors (Lipinski definition) is 0. The van der Waals surface area contributed by atoms with Crippen molar-refractivity contribution < 1.29 is 9.59 Å². The molecule has 0 unspecified atom stereocenters. The van der Waals surface area contributed by atoms with Crippen LogP contribution in [0.4, 0.5) is 5.69 Å². The molecule has 0 bridgehead atoms. The van der Waals surface area contributed by atoms with Gasteiger partial charge in [0.2, 0.25) is 5.91 Å². The molecule has 114 valence electrons. The predicted octanol–water partition coefficient (Wildman–Crippen LogP) is 3.28. The van der Waals surface area contributed by atoms with Gasteiger partial charge in [-0.05, 0) is 30.0 Å². The monoisotopic (exact) mass is 334 g/mol. The predicted molar refractivity (Wildman–Crippen MR) is 88.6 cm³/mol. The lowest BCUT2D eigenvalue weighted by atomic mass is 10.2. The molecule has 1 atom stereocenters. The van der Waals surface area contributed by atoms with Gasteiger partial charge < -0.3 is 9.80 Å². The van der Waals surface area contributed by atoms with Crippen molar-refractivity contribution in [1.29, 1.82) is 0 Å². The first-order valence-corrected chi connectivity index (χ1v) is 8.27. The Labute approximate surface area is 137 Å². The van der Waals surface area contributed by atoms with Crippen LogP contribution in [0.1, 0.15) is 16.8 Å². The van der Waals surface area contributed by atoms with Gasteiger partial charge in [-0.3, -0.25) is 9.59 Å². The second-order valence-corrected chi connectivity index (χ2v) is 6.36. The van der Waals surface area contributed by atoms with Crippen molar-refractivity contribution in [3.8, 4) is 0 Å². The van der Waals surface area contributed by atoms with Gasteiger partial charge in [-0.2, -0.15) is 11.3 Å². The molecule has 0 saturated carbocycles. The second kappa shape index (κ2) is 6.10. The standard InChI is InChI=1S/C16H15ClN2O2S/c1-18(15(20)11-7-9-22-10-11)14-6-8-19(16(14)21)13-5-3-2-4-12(13)17/h2-5,7,9-10,14H,6,8H2,1H3/t14-/m0/s1. The minimum atomic E-state index is -0.441. The molecule has 0 spiro atoms. The zero-order valence-corrected chi connectivity index (χ0v) is 13.6. The lowest BCUT2D eigenvalue weighted by Crippen LogP contribution is -2.42. The normalized spacial score (nSPS) is 17.8. The van der Waals surface area contributed by atoms with Gasteiger partial charge in [-0.15, -0.1) is 0 Å². The molecule has 1 aliphatic heterocycles. The molecule has 6 heteroatoms. The van der Waals surface area contributed by atoms with Gasteiger partial charge in [-0.1, -0.05) is 23.7 Å². The Bertz CT molecular complexity index is 702. The third-order valence-electron chi connectivity index (χ3n) is 3.88. The minimum absolute atomic E-state index is 0.0841. The zero-order valence-electron chi connectivity index (χ0n) is 12.0. The summed E-state index contributed by atoms with van der Waals surface area (Å²) in [5.74, 6) is -0.209. The van der Waals surface area contributed by atoms with E-state index in [2.05, 4.69) is 0 Å². The SMILES string of the molecule is CN(C(=O)c1ccsc1)[C@H]1CCN(c2ccccc2Cl)C1=O. The maximum atomic E-state index is 12.6. The van der Waals surface area contributed by atoms with Gasteiger partial charge >= 0.3 is 0 Å². The highest BCUT2D eigenvalue weighted by atomic mass is 35.5. The van der Waals surface area contributed by atoms with E-state index in [1.807, 2.05) is 23.6 Å². The number of para-hydroxylation sites is 1. The quantitative estimate of drug-likeness (QED) is 0.864. The average Bonchev–Trinajstić information content (AvgIpc) is 3.16. The Morgan fingerprint density at radius 1 is 1.36 bits per heavy atom. The van der Waals surface area contributed by atoms with Crippen molar-refractivity contribution in [1.82, 2.24) is 4.90 Å². The molecule has 22 heavy (non-hydrogen) atoms. The molecule has 4 nitrogen and oxygen atoms in total. The van der Waals surface area contributed by atoms with E-state index in [0.717, 1.165) is 0 Å². The molecule has 1 aliphatic rings. The van der Waals surface area contributed by atoms with E-state index >= 15 is 0 Å². The molecule has 1 fully saturated rings. The number of anilines is 1. The number of rotatable bonds is 3. The minimum Gasteiger partial charge on any atom is -0.330 e. The van der Waals surface area contributed by atoms with Crippen LogP contribution in [-0.4, -0.2) is 36.3 Å². The van der Waals surface area contributed by atoms with Crippen LogP contribution >= 0.6 is 22.9 Å². The summed E-state index contributed by atoms with van der Waals surface area (Å²) in [6, 6.07) is 8.59. The Morgan fingerprint density at radius 2 is 2.14 bits per heavy atom. The van der Waals surface area contributed by atoms with E-state index in [1.165, 1.54) is 16.2 Å². The van der Waals surface area contributed by atoms with E-state index in [0.29, 0.717) is 29.2 Å². The summed E-state index contributed by atoms with van der Waals surface area (Å²) in [5, 5.41) is 4.20. The number of carbonyl (C=O) groups excluding carboxylic acids is 2. The molecule has 2 heterocycles. The van der Waals surface area contributed by atoms with Gasteiger partial charge in [0.05, 0.1) is 16.3 Å². The molecule has 1 aromatic carbocycles. The summed E-state index contributed by atoms with van der Waals surface area (Å²) in [6.07, 6.45) is 0.608. The second-order valence-electron chi connectivity index (χ2n) is 5.17. The Kier molecular flexibility index (Phi) is 4.18. The van der Waals surface area contributed by atoms with Crippen molar-refractivity contribution >= 4 is 40.4 Å². The molecule has 2 amide bonds. The smallest absolute Gasteiger partial charge is 0.255 e. The molecular weight excluding hydrogens is 320 g/mol. The van der Waals surface area contributed by atoms with Crippen molar-refractivity contribution in [3.05, 3.63) is 51.7 Å². The topological polar surface area (TPSA) is 40.6 Å². The third kappa shape index (κ3) is 2.62. The molecule has 0 aliphatic carbocycles. The number of amides is 2. The van der Waals surface area contributed by atoms with Crippen molar-refractivity contribution in [2.24, 2.45) is 0 Å². The fourth-order valence-corrected chi connectivity index (χ4v) is 3.53. The van der Waals surface area contributed by atoms with Crippen LogP contribution in [0.15, 0.2) is 41.1 Å². The van der Waals surface area contributed by atoms with Crippen molar-refractivity contribution in [2.75, 3.05) is 18.5 Å². The van der Waals surface area contributed by atoms with Crippen LogP contribution in [0.5, 0.6) is 0 Å². The van der Waals surface area contributed by atoms with Crippen LogP contribution in [0.2, 0.25) is 5.02 Å². The largest absolute Gasteiger partial charge is 0.330 e. The average molecular weight is 335 g/mol. The van der Waals surface area contributed by atoms with Crippen LogP contribution in [0.3, 0.4) is 0 Å². The van der Waals surface area contributed by atoms with Crippen molar-refractivity contribution in [3.63, 3.8) is 0 Å². The zero-order chi connectivity index (χ0) is 15.7. The van der Waals surface area contributed by atoms with Gasteiger partial charge in [-0.25, -0.2) is 0 Å². The Morgan fingerprint density at radius 3 is 2.82 bits per heavy atom. The number of thiophene rings is 1. The summed E-state index contributed by atoms with van der Waals surface area (Å²) < 4.78 is 0. The lowest BCUT2D eigenvalue weighted by molar-refractivity contribution is -0.120. The highest BCUT2D eigenvalue weighted by molar-refractivity contribution is 7.08. The van der Waals surface area contributed by atoms with Crippen LogP contribution < -0.4 is 4.90 Å². The van der Waals surface area contributed by atoms with Gasteiger partial charge in [0.25, 0.3) is 5.91 Å². The van der Waals surface area contributed by atoms with Gasteiger partial charge in [0.1, 0.15) is 6.04 Å². The fraction of sp³-hybridized carbons (Fsp3) is 0.250. The van der Waals surface area contributed by atoms with Crippen LogP contribution in [0.25, 0.3) is 0 Å². The third-order valence-corrected chi connectivity index (χ3v) is 4.88. The summed E-state index contributed by atoms with van der Waals surface area (Å²) in [6.45, 7) is 0.564. The van der Waals surface area contributed by atoms with E-state index in [4.69, 9.17) is 11.6 Å². The van der Waals surface area contributed by atoms with E-state index in [1.54, 1.807) is 29.5 Å². The number of likely N-dealkylation sites (N-methyl/N-ethyl adjacent to an activating group) is 1. The molecular formula is C16H15ClN2O2S. The molecule has 3 rings (SSSR count). The summed E-state index contributed by atoms with van der Waals surface area (Å²) >= 11 is 7.64. The molecule has 2 aromatic rings. The highest BCUT2D eigenvalue weighted by Gasteiger charge is 2.38. The number of halogens is 1. The van der Waals surface area contributed by atoms with Crippen LogP contribution in [-0.2, 0) is 4.79 Å². The van der Waals surface area contributed by atoms with Gasteiger partial charge in [0, 0.05) is 19.0 Å². The number of carbonyl (C=O) groups is 2. The number of benzene rings is 1. The number of nitrogens with zero attached hydrogens (tertiary/aromatic N) is 2. The summed E-state index contributed by atoms with van der Waals surface area (Å²) in [5.41, 5.74) is 1.32. The number of hydrogen-bond acceptors (Lipinski definition) is 3. The first-order chi connectivity index (χ1) is 10.6.